The molecule has 0 aromatic heterocycles. The molecule has 160 valence electrons. The molecular weight excluding hydrogens is 380 g/mol. The minimum absolute atomic E-state index is 0.107. The van der Waals surface area contributed by atoms with E-state index >= 15 is 0 Å². The van der Waals surface area contributed by atoms with Gasteiger partial charge in [-0.1, -0.05) is 110 Å². The number of allylic oxidation sites excluding steroid dienone is 2. The Morgan fingerprint density at radius 3 is 2.00 bits per heavy atom. The fourth-order valence-electron chi connectivity index (χ4n) is 3.96. The van der Waals surface area contributed by atoms with Gasteiger partial charge in [-0.2, -0.15) is 0 Å². The molecule has 0 amide bonds. The van der Waals surface area contributed by atoms with E-state index in [0.29, 0.717) is 0 Å². The van der Waals surface area contributed by atoms with Crippen molar-refractivity contribution in [3.8, 4) is 0 Å². The molecule has 0 aliphatic rings. The number of unbranched alkanes of at least 4 members (excludes halogenated alkanes) is 3. The monoisotopic (exact) mass is 418 g/mol. The van der Waals surface area contributed by atoms with Crippen molar-refractivity contribution in [1.82, 2.24) is 0 Å². The molecule has 0 spiro atoms. The van der Waals surface area contributed by atoms with Gasteiger partial charge in [-0.25, -0.2) is 0 Å². The van der Waals surface area contributed by atoms with Crippen LogP contribution in [0.15, 0.2) is 97.2 Å². The van der Waals surface area contributed by atoms with Gasteiger partial charge in [0.05, 0.1) is 0 Å². The summed E-state index contributed by atoms with van der Waals surface area (Å²) in [6.45, 7) is 12.4. The Labute approximate surface area is 185 Å². The van der Waals surface area contributed by atoms with Gasteiger partial charge in [0.25, 0.3) is 8.32 Å². The third-order valence-electron chi connectivity index (χ3n) is 5.46. The molecule has 0 radical (unpaired) electrons. The molecule has 0 aliphatic carbocycles. The van der Waals surface area contributed by atoms with E-state index < -0.39 is 8.32 Å². The quantitative estimate of drug-likeness (QED) is 0.187. The highest BCUT2D eigenvalue weighted by molar-refractivity contribution is 7.01. The van der Waals surface area contributed by atoms with Crippen LogP contribution in [-0.4, -0.2) is 14.4 Å². The third-order valence-corrected chi connectivity index (χ3v) is 9.43. The number of rotatable bonds is 14. The van der Waals surface area contributed by atoms with Crippen LogP contribution in [0.3, 0.4) is 0 Å². The first-order valence-electron chi connectivity index (χ1n) is 11.4. The van der Waals surface area contributed by atoms with Gasteiger partial charge in [0.1, 0.15) is 0 Å². The van der Waals surface area contributed by atoms with Gasteiger partial charge in [0, 0.05) is 6.10 Å². The highest BCUT2D eigenvalue weighted by atomic mass is 28.4. The zero-order valence-electron chi connectivity index (χ0n) is 18.9. The Hall–Kier alpha value is -2.16. The summed E-state index contributed by atoms with van der Waals surface area (Å²) in [5.41, 5.74) is 3.96. The Morgan fingerprint density at radius 1 is 0.900 bits per heavy atom. The molecule has 0 N–H and O–H groups in total. The maximum absolute atomic E-state index is 7.01. The van der Waals surface area contributed by atoms with Crippen LogP contribution in [0.2, 0.25) is 0 Å². The summed E-state index contributed by atoms with van der Waals surface area (Å²) in [5, 5.41) is 2.59. The molecule has 2 rings (SSSR count). The lowest BCUT2D eigenvalue weighted by Gasteiger charge is -2.33. The van der Waals surface area contributed by atoms with Crippen molar-refractivity contribution in [2.24, 2.45) is 0 Å². The highest BCUT2D eigenvalue weighted by Crippen LogP contribution is 2.21. The predicted octanol–water partition coefficient (Wildman–Crippen LogP) is 6.74. The van der Waals surface area contributed by atoms with Crippen LogP contribution in [0, 0.1) is 0 Å². The summed E-state index contributed by atoms with van der Waals surface area (Å²) in [6, 6.07) is 21.6. The third kappa shape index (κ3) is 6.96. The van der Waals surface area contributed by atoms with E-state index in [9.17, 15) is 0 Å². The number of hydrogen-bond donors (Lipinski definition) is 0. The van der Waals surface area contributed by atoms with Gasteiger partial charge in [-0.05, 0) is 43.0 Å². The topological polar surface area (TPSA) is 9.23 Å². The lowest BCUT2D eigenvalue weighted by molar-refractivity contribution is 0.226. The first-order valence-corrected chi connectivity index (χ1v) is 13.4. The maximum atomic E-state index is 7.01. The van der Waals surface area contributed by atoms with Crippen LogP contribution < -0.4 is 10.4 Å². The van der Waals surface area contributed by atoms with Gasteiger partial charge in [0.2, 0.25) is 0 Å². The van der Waals surface area contributed by atoms with Gasteiger partial charge >= 0.3 is 0 Å². The van der Waals surface area contributed by atoms with E-state index in [-0.39, 0.29) is 6.10 Å². The predicted molar refractivity (Wildman–Crippen MR) is 135 cm³/mol. The maximum Gasteiger partial charge on any atom is 0.281 e. The summed E-state index contributed by atoms with van der Waals surface area (Å²) < 4.78 is 7.01. The lowest BCUT2D eigenvalue weighted by atomic mass is 10.1. The molecule has 2 heteroatoms. The van der Waals surface area contributed by atoms with E-state index in [1.807, 2.05) is 12.2 Å². The second kappa shape index (κ2) is 13.2. The Morgan fingerprint density at radius 2 is 1.50 bits per heavy atom. The second-order valence-electron chi connectivity index (χ2n) is 8.03. The average molecular weight is 419 g/mol. The van der Waals surface area contributed by atoms with Crippen LogP contribution in [0.25, 0.3) is 0 Å². The van der Waals surface area contributed by atoms with E-state index in [2.05, 4.69) is 93.4 Å². The van der Waals surface area contributed by atoms with Crippen molar-refractivity contribution >= 4 is 18.7 Å². The zero-order chi connectivity index (χ0) is 21.7. The molecule has 2 aromatic rings. The van der Waals surface area contributed by atoms with Gasteiger partial charge in [-0.3, -0.25) is 0 Å². The minimum atomic E-state index is -2.57. The van der Waals surface area contributed by atoms with E-state index in [1.54, 1.807) is 0 Å². The summed E-state index contributed by atoms with van der Waals surface area (Å²) >= 11 is 0. The molecule has 2 aromatic carbocycles. The van der Waals surface area contributed by atoms with Crippen LogP contribution in [0.1, 0.15) is 58.8 Å². The zero-order valence-corrected chi connectivity index (χ0v) is 19.9. The Kier molecular flexibility index (Phi) is 10.6. The fourth-order valence-corrected chi connectivity index (χ4v) is 7.91. The fraction of sp³-hybridized carbons (Fsp3) is 0.357. The smallest absolute Gasteiger partial charge is 0.281 e. The van der Waals surface area contributed by atoms with Crippen molar-refractivity contribution < 1.29 is 4.43 Å². The molecule has 0 heterocycles. The van der Waals surface area contributed by atoms with Crippen molar-refractivity contribution in [1.29, 1.82) is 0 Å². The summed E-state index contributed by atoms with van der Waals surface area (Å²) in [5.74, 6) is 0. The summed E-state index contributed by atoms with van der Waals surface area (Å²) in [4.78, 5) is 0. The van der Waals surface area contributed by atoms with E-state index in [1.165, 1.54) is 41.6 Å². The van der Waals surface area contributed by atoms with Crippen LogP contribution in [0.4, 0.5) is 0 Å². The Balaban J connectivity index is 2.58. The van der Waals surface area contributed by atoms with Gasteiger partial charge < -0.3 is 4.43 Å². The van der Waals surface area contributed by atoms with Crippen molar-refractivity contribution in [3.63, 3.8) is 0 Å². The molecule has 1 atom stereocenters. The molecule has 0 bridgehead atoms. The van der Waals surface area contributed by atoms with Crippen molar-refractivity contribution in [2.75, 3.05) is 0 Å². The lowest BCUT2D eigenvalue weighted by Crippen LogP contribution is -2.61. The highest BCUT2D eigenvalue weighted by Gasteiger charge is 2.39. The van der Waals surface area contributed by atoms with E-state index in [0.717, 1.165) is 19.3 Å². The normalized spacial score (nSPS) is 13.1. The number of benzene rings is 2. The van der Waals surface area contributed by atoms with Crippen LogP contribution in [-0.2, 0) is 4.43 Å². The van der Waals surface area contributed by atoms with Crippen LogP contribution in [0.5, 0.6) is 0 Å². The molecule has 0 aliphatic heterocycles. The molecular formula is C28H38OSi. The largest absolute Gasteiger partial charge is 0.402 e. The molecule has 0 saturated heterocycles. The Bertz CT molecular complexity index is 739. The first-order chi connectivity index (χ1) is 14.7. The molecule has 30 heavy (non-hydrogen) atoms. The SMILES string of the molecule is C=CC/C(=C\[Si](OC(C)CC=C)(c1ccccc1)c1ccccc1)CCCCCC. The first kappa shape index (κ1) is 24.1. The van der Waals surface area contributed by atoms with Crippen molar-refractivity contribution in [2.45, 2.75) is 64.9 Å². The second-order valence-corrected chi connectivity index (χ2v) is 11.2. The molecule has 0 saturated carbocycles. The molecule has 1 unspecified atom stereocenters. The van der Waals surface area contributed by atoms with Gasteiger partial charge in [0.15, 0.2) is 0 Å². The van der Waals surface area contributed by atoms with Crippen molar-refractivity contribution in [3.05, 3.63) is 97.2 Å². The summed E-state index contributed by atoms with van der Waals surface area (Å²) in [6.07, 6.45) is 12.0. The molecule has 0 fully saturated rings. The molecule has 1 nitrogen and oxygen atoms in total. The van der Waals surface area contributed by atoms with Gasteiger partial charge in [-0.15, -0.1) is 13.2 Å². The average Bonchev–Trinajstić information content (AvgIpc) is 2.77. The van der Waals surface area contributed by atoms with E-state index in [4.69, 9.17) is 4.43 Å². The summed E-state index contributed by atoms with van der Waals surface area (Å²) in [7, 11) is -2.57. The minimum Gasteiger partial charge on any atom is -0.402 e. The number of hydrogen-bond acceptors (Lipinski definition) is 1. The van der Waals surface area contributed by atoms with Crippen LogP contribution >= 0.6 is 0 Å². The standard InChI is InChI=1S/C28H38OSi/c1-5-8-9-12-19-26(18-7-3)24-30(29-25(4)17-6-2,27-20-13-10-14-21-27)28-22-15-11-16-23-28/h6-7,10-11,13-16,20-25H,2-3,5,8-9,12,17-19H2,1,4H3/b26-24+.